The fourth-order valence-electron chi connectivity index (χ4n) is 1.64. The maximum Gasteiger partial charge on any atom is 0.375 e. The molecule has 0 aliphatic rings. The van der Waals surface area contributed by atoms with Gasteiger partial charge in [0.05, 0.1) is 0 Å². The molecule has 1 N–H and O–H groups in total. The number of hydrogen-bond donors (Lipinski definition) is 1. The molecule has 0 saturated heterocycles. The van der Waals surface area contributed by atoms with E-state index in [1.807, 2.05) is 6.92 Å². The normalized spacial score (nSPS) is 10.6. The Bertz CT molecular complexity index is 580. The highest BCUT2D eigenvalue weighted by atomic mass is 19.1. The van der Waals surface area contributed by atoms with E-state index >= 15 is 0 Å². The zero-order chi connectivity index (χ0) is 13.1. The van der Waals surface area contributed by atoms with Gasteiger partial charge in [-0.2, -0.15) is 0 Å². The molecule has 0 atom stereocenters. The summed E-state index contributed by atoms with van der Waals surface area (Å²) in [6.45, 7) is 1.93. The van der Waals surface area contributed by atoms with Crippen LogP contribution in [0.25, 0.3) is 5.69 Å². The molecule has 0 bridgehead atoms. The number of carboxylic acids is 1. The van der Waals surface area contributed by atoms with Gasteiger partial charge in [-0.3, -0.25) is 0 Å². The number of rotatable bonds is 4. The molecular weight excluding hydrogens is 237 g/mol. The first-order valence-corrected chi connectivity index (χ1v) is 5.57. The topological polar surface area (TPSA) is 68.0 Å². The molecule has 0 unspecified atom stereocenters. The van der Waals surface area contributed by atoms with E-state index in [0.29, 0.717) is 12.2 Å². The van der Waals surface area contributed by atoms with Crippen LogP contribution in [0.3, 0.4) is 0 Å². The minimum atomic E-state index is -1.22. The number of aromatic nitrogens is 3. The van der Waals surface area contributed by atoms with Crippen LogP contribution in [-0.2, 0) is 6.42 Å². The number of aryl methyl sites for hydroxylation is 1. The largest absolute Gasteiger partial charge is 0.475 e. The summed E-state index contributed by atoms with van der Waals surface area (Å²) in [6, 6.07) is 6.06. The highest BCUT2D eigenvalue weighted by Gasteiger charge is 2.17. The molecule has 6 heteroatoms. The molecule has 18 heavy (non-hydrogen) atoms. The first-order valence-electron chi connectivity index (χ1n) is 5.57. The summed E-state index contributed by atoms with van der Waals surface area (Å²) in [7, 11) is 0. The van der Waals surface area contributed by atoms with E-state index in [2.05, 4.69) is 10.1 Å². The summed E-state index contributed by atoms with van der Waals surface area (Å²) < 4.78 is 14.9. The van der Waals surface area contributed by atoms with Gasteiger partial charge in [0.2, 0.25) is 0 Å². The molecule has 0 radical (unpaired) electrons. The lowest BCUT2D eigenvalue weighted by molar-refractivity contribution is 0.0683. The lowest BCUT2D eigenvalue weighted by Crippen LogP contribution is -2.05. The summed E-state index contributed by atoms with van der Waals surface area (Å²) >= 11 is 0. The van der Waals surface area contributed by atoms with Crippen molar-refractivity contribution in [3.05, 3.63) is 41.7 Å². The Balaban J connectivity index is 2.55. The average molecular weight is 249 g/mol. The molecule has 2 rings (SSSR count). The average Bonchev–Trinajstić information content (AvgIpc) is 2.74. The molecule has 2 aromatic rings. The van der Waals surface area contributed by atoms with Gasteiger partial charge in [0.25, 0.3) is 5.82 Å². The van der Waals surface area contributed by atoms with Gasteiger partial charge in [-0.1, -0.05) is 19.1 Å². The lowest BCUT2D eigenvalue weighted by atomic mass is 10.3. The second-order valence-electron chi connectivity index (χ2n) is 3.77. The molecule has 1 aromatic heterocycles. The second-order valence-corrected chi connectivity index (χ2v) is 3.77. The fourth-order valence-corrected chi connectivity index (χ4v) is 1.64. The monoisotopic (exact) mass is 249 g/mol. The Hall–Kier alpha value is -2.24. The third-order valence-electron chi connectivity index (χ3n) is 2.42. The van der Waals surface area contributed by atoms with E-state index in [1.54, 1.807) is 12.1 Å². The van der Waals surface area contributed by atoms with E-state index in [1.165, 1.54) is 16.8 Å². The molecule has 5 nitrogen and oxygen atoms in total. The van der Waals surface area contributed by atoms with Crippen LogP contribution in [0.4, 0.5) is 4.39 Å². The van der Waals surface area contributed by atoms with Crippen molar-refractivity contribution >= 4 is 5.97 Å². The van der Waals surface area contributed by atoms with Crippen LogP contribution in [0.2, 0.25) is 0 Å². The number of hydrogen-bond acceptors (Lipinski definition) is 3. The maximum atomic E-state index is 13.7. The summed E-state index contributed by atoms with van der Waals surface area (Å²) in [5, 5.41) is 12.7. The van der Waals surface area contributed by atoms with Gasteiger partial charge in [0, 0.05) is 6.42 Å². The van der Waals surface area contributed by atoms with Crippen LogP contribution in [-0.4, -0.2) is 25.8 Å². The zero-order valence-electron chi connectivity index (χ0n) is 9.80. The maximum absolute atomic E-state index is 13.7. The van der Waals surface area contributed by atoms with Crippen molar-refractivity contribution in [1.29, 1.82) is 0 Å². The van der Waals surface area contributed by atoms with Crippen molar-refractivity contribution in [3.8, 4) is 5.69 Å². The number of benzene rings is 1. The predicted octanol–water partition coefficient (Wildman–Crippen LogP) is 2.06. The van der Waals surface area contributed by atoms with Crippen LogP contribution >= 0.6 is 0 Å². The van der Waals surface area contributed by atoms with Gasteiger partial charge in [0.1, 0.15) is 17.3 Å². The summed E-state index contributed by atoms with van der Waals surface area (Å²) in [5.74, 6) is -1.55. The molecule has 0 aliphatic heterocycles. The van der Waals surface area contributed by atoms with Gasteiger partial charge in [-0.05, 0) is 18.6 Å². The van der Waals surface area contributed by atoms with E-state index < -0.39 is 11.8 Å². The Kier molecular flexibility index (Phi) is 3.36. The Morgan fingerprint density at radius 2 is 2.17 bits per heavy atom. The number of aromatic carboxylic acids is 1. The number of carbonyl (C=O) groups is 1. The first kappa shape index (κ1) is 12.2. The van der Waals surface area contributed by atoms with Gasteiger partial charge in [0.15, 0.2) is 0 Å². The quantitative estimate of drug-likeness (QED) is 0.900. The van der Waals surface area contributed by atoms with Gasteiger partial charge in [-0.25, -0.2) is 18.9 Å². The summed E-state index contributed by atoms with van der Waals surface area (Å²) in [4.78, 5) is 14.8. The van der Waals surface area contributed by atoms with Crippen molar-refractivity contribution in [2.45, 2.75) is 19.8 Å². The molecule has 94 valence electrons. The van der Waals surface area contributed by atoms with Gasteiger partial charge in [-0.15, -0.1) is 5.10 Å². The van der Waals surface area contributed by atoms with Crippen LogP contribution in [0.15, 0.2) is 24.3 Å². The van der Waals surface area contributed by atoms with Gasteiger partial charge < -0.3 is 5.11 Å². The van der Waals surface area contributed by atoms with Crippen LogP contribution in [0.1, 0.15) is 29.8 Å². The smallest absolute Gasteiger partial charge is 0.375 e. The van der Waals surface area contributed by atoms with Crippen molar-refractivity contribution in [2.75, 3.05) is 0 Å². The SMILES string of the molecule is CCCc1nc(C(=O)O)nn1-c1ccccc1F. The fraction of sp³-hybridized carbons (Fsp3) is 0.250. The highest BCUT2D eigenvalue weighted by Crippen LogP contribution is 2.15. The Morgan fingerprint density at radius 1 is 1.44 bits per heavy atom. The molecular formula is C12H12FN3O2. The molecule has 0 saturated carbocycles. The third kappa shape index (κ3) is 2.22. The zero-order valence-corrected chi connectivity index (χ0v) is 9.80. The van der Waals surface area contributed by atoms with E-state index in [-0.39, 0.29) is 11.5 Å². The van der Waals surface area contributed by atoms with Crippen LogP contribution in [0, 0.1) is 5.82 Å². The Morgan fingerprint density at radius 3 is 2.78 bits per heavy atom. The standard InChI is InChI=1S/C12H12FN3O2/c1-2-5-10-14-11(12(17)18)15-16(10)9-7-4-3-6-8(9)13/h3-4,6-7H,2,5H2,1H3,(H,17,18). The minimum absolute atomic E-state index is 0.209. The number of halogens is 1. The van der Waals surface area contributed by atoms with Crippen molar-refractivity contribution in [3.63, 3.8) is 0 Å². The first-order chi connectivity index (χ1) is 8.63. The molecule has 0 fully saturated rings. The van der Waals surface area contributed by atoms with Crippen molar-refractivity contribution < 1.29 is 14.3 Å². The highest BCUT2D eigenvalue weighted by molar-refractivity contribution is 5.83. The Labute approximate surface area is 103 Å². The third-order valence-corrected chi connectivity index (χ3v) is 2.42. The van der Waals surface area contributed by atoms with E-state index in [4.69, 9.17) is 5.11 Å². The molecule has 0 aliphatic carbocycles. The molecule has 0 spiro atoms. The lowest BCUT2D eigenvalue weighted by Gasteiger charge is -2.05. The van der Waals surface area contributed by atoms with Gasteiger partial charge >= 0.3 is 5.97 Å². The number of carboxylic acid groups (broad SMARTS) is 1. The van der Waals surface area contributed by atoms with E-state index in [0.717, 1.165) is 6.42 Å². The minimum Gasteiger partial charge on any atom is -0.475 e. The van der Waals surface area contributed by atoms with Crippen LogP contribution < -0.4 is 0 Å². The molecule has 0 amide bonds. The van der Waals surface area contributed by atoms with Crippen molar-refractivity contribution in [2.24, 2.45) is 0 Å². The van der Waals surface area contributed by atoms with E-state index in [9.17, 15) is 9.18 Å². The second kappa shape index (κ2) is 4.95. The number of nitrogens with zero attached hydrogens (tertiary/aromatic N) is 3. The van der Waals surface area contributed by atoms with Crippen molar-refractivity contribution in [1.82, 2.24) is 14.8 Å². The number of para-hydroxylation sites is 1. The van der Waals surface area contributed by atoms with Crippen LogP contribution in [0.5, 0.6) is 0 Å². The molecule has 1 aromatic carbocycles. The predicted molar refractivity (Wildman–Crippen MR) is 62.3 cm³/mol. The summed E-state index contributed by atoms with van der Waals surface area (Å²) in [6.07, 6.45) is 1.31. The summed E-state index contributed by atoms with van der Waals surface area (Å²) in [5.41, 5.74) is 0.209. The molecule has 1 heterocycles.